The molecule has 39 heavy (non-hydrogen) atoms. The highest BCUT2D eigenvalue weighted by molar-refractivity contribution is 7.92. The van der Waals surface area contributed by atoms with Crippen LogP contribution >= 0.6 is 11.6 Å². The molecule has 4 rings (SSSR count). The van der Waals surface area contributed by atoms with Crippen LogP contribution < -0.4 is 5.32 Å². The highest BCUT2D eigenvalue weighted by Gasteiger charge is 2.57. The van der Waals surface area contributed by atoms with Gasteiger partial charge in [0.25, 0.3) is 5.91 Å². The van der Waals surface area contributed by atoms with Crippen molar-refractivity contribution in [3.8, 4) is 0 Å². The summed E-state index contributed by atoms with van der Waals surface area (Å²) in [5.41, 5.74) is -2.01. The lowest BCUT2D eigenvalue weighted by Crippen LogP contribution is -2.46. The first-order chi connectivity index (χ1) is 18.2. The van der Waals surface area contributed by atoms with E-state index in [2.05, 4.69) is 5.32 Å². The zero-order chi connectivity index (χ0) is 28.9. The molecule has 1 heterocycles. The van der Waals surface area contributed by atoms with Crippen LogP contribution in [0, 0.1) is 29.3 Å². The van der Waals surface area contributed by atoms with E-state index in [9.17, 15) is 41.4 Å². The Balaban J connectivity index is 1.64. The molecule has 8 nitrogen and oxygen atoms in total. The van der Waals surface area contributed by atoms with E-state index in [1.54, 1.807) is 13.8 Å². The van der Waals surface area contributed by atoms with Gasteiger partial charge in [-0.3, -0.25) is 4.79 Å². The Morgan fingerprint density at radius 1 is 1.15 bits per heavy atom. The number of cyclic esters (lactones) is 1. The van der Waals surface area contributed by atoms with Crippen LogP contribution in [-0.4, -0.2) is 53.6 Å². The molecule has 0 aromatic heterocycles. The Hall–Kier alpha value is -2.67. The van der Waals surface area contributed by atoms with Crippen molar-refractivity contribution in [3.63, 3.8) is 0 Å². The standard InChI is InChI=1S/C26H27ClF3NO7S/c1-3-26(23(33)21(32)25(35)38-26)11-14-5-4-12(2)22(14)39(36,37)19-8-13(6-7-16(19)27)24(34)31-15-9-17(28)20(30)18(29)10-15/h6-10,12,14,21-23,32-33H,3-5,11H2,1-2H3,(H,31,34)/t12?,14-,21-,22?,23-,26-/m0/s1. The largest absolute Gasteiger partial charge is 0.454 e. The van der Waals surface area contributed by atoms with Gasteiger partial charge in [-0.05, 0) is 55.7 Å². The molecule has 0 bridgehead atoms. The summed E-state index contributed by atoms with van der Waals surface area (Å²) in [6, 6.07) is 4.65. The zero-order valence-corrected chi connectivity index (χ0v) is 22.5. The van der Waals surface area contributed by atoms with E-state index in [0.29, 0.717) is 25.0 Å². The Labute approximate surface area is 228 Å². The van der Waals surface area contributed by atoms with Crippen LogP contribution in [0.25, 0.3) is 0 Å². The number of esters is 1. The molecule has 1 saturated carbocycles. The van der Waals surface area contributed by atoms with Crippen molar-refractivity contribution < 1.29 is 46.1 Å². The average molecular weight is 590 g/mol. The fourth-order valence-corrected chi connectivity index (χ4v) is 8.51. The maximum Gasteiger partial charge on any atom is 0.338 e. The van der Waals surface area contributed by atoms with Crippen LogP contribution in [0.4, 0.5) is 18.9 Å². The van der Waals surface area contributed by atoms with Gasteiger partial charge < -0.3 is 20.3 Å². The Morgan fingerprint density at radius 3 is 2.36 bits per heavy atom. The number of hydrogen-bond acceptors (Lipinski definition) is 7. The van der Waals surface area contributed by atoms with E-state index in [-0.39, 0.29) is 39.9 Å². The lowest BCUT2D eigenvalue weighted by molar-refractivity contribution is -0.155. The van der Waals surface area contributed by atoms with Crippen molar-refractivity contribution in [1.29, 1.82) is 0 Å². The van der Waals surface area contributed by atoms with E-state index in [0.717, 1.165) is 6.07 Å². The van der Waals surface area contributed by atoms with Gasteiger partial charge in [-0.1, -0.05) is 25.4 Å². The molecule has 2 aliphatic rings. The third-order valence-corrected chi connectivity index (χ3v) is 10.7. The average Bonchev–Trinajstić information content (AvgIpc) is 3.35. The van der Waals surface area contributed by atoms with Gasteiger partial charge in [0.1, 0.15) is 11.7 Å². The molecule has 1 aliphatic heterocycles. The van der Waals surface area contributed by atoms with Crippen molar-refractivity contribution in [1.82, 2.24) is 0 Å². The van der Waals surface area contributed by atoms with E-state index in [4.69, 9.17) is 16.3 Å². The molecule has 0 radical (unpaired) electrons. The number of rotatable bonds is 7. The topological polar surface area (TPSA) is 130 Å². The number of amides is 1. The number of carbonyl (C=O) groups is 2. The van der Waals surface area contributed by atoms with Gasteiger partial charge in [0.15, 0.2) is 33.4 Å². The summed E-state index contributed by atoms with van der Waals surface area (Å²) in [6.07, 6.45) is -2.17. The molecule has 1 amide bonds. The fraction of sp³-hybridized carbons (Fsp3) is 0.462. The van der Waals surface area contributed by atoms with Crippen LogP contribution in [0.1, 0.15) is 49.9 Å². The second-order valence-electron chi connectivity index (χ2n) is 10.1. The van der Waals surface area contributed by atoms with Crippen LogP contribution in [-0.2, 0) is 19.4 Å². The molecule has 3 N–H and O–H groups in total. The number of ether oxygens (including phenoxy) is 1. The second kappa shape index (κ2) is 10.7. The number of aliphatic hydroxyl groups excluding tert-OH is 2. The monoisotopic (exact) mass is 589 g/mol. The molecular formula is C26H27ClF3NO7S. The van der Waals surface area contributed by atoms with E-state index in [1.165, 1.54) is 12.1 Å². The fourth-order valence-electron chi connectivity index (χ4n) is 5.66. The molecule has 1 aliphatic carbocycles. The minimum Gasteiger partial charge on any atom is -0.454 e. The summed E-state index contributed by atoms with van der Waals surface area (Å²) in [7, 11) is -4.20. The van der Waals surface area contributed by atoms with Gasteiger partial charge in [-0.25, -0.2) is 26.4 Å². The van der Waals surface area contributed by atoms with Crippen molar-refractivity contribution >= 4 is 39.0 Å². The minimum absolute atomic E-state index is 0.0127. The second-order valence-corrected chi connectivity index (χ2v) is 12.6. The Morgan fingerprint density at radius 2 is 1.79 bits per heavy atom. The van der Waals surface area contributed by atoms with Crippen molar-refractivity contribution in [2.24, 2.45) is 11.8 Å². The maximum absolute atomic E-state index is 13.9. The van der Waals surface area contributed by atoms with Gasteiger partial charge in [0, 0.05) is 23.4 Å². The molecule has 2 aromatic carbocycles. The summed E-state index contributed by atoms with van der Waals surface area (Å²) in [4.78, 5) is 24.4. The predicted molar refractivity (Wildman–Crippen MR) is 134 cm³/mol. The number of halogens is 4. The summed E-state index contributed by atoms with van der Waals surface area (Å²) in [5, 5.41) is 21.6. The number of aliphatic hydroxyl groups is 2. The summed E-state index contributed by atoms with van der Waals surface area (Å²) < 4.78 is 73.6. The lowest BCUT2D eigenvalue weighted by Gasteiger charge is -2.34. The number of benzene rings is 2. The molecule has 0 spiro atoms. The summed E-state index contributed by atoms with van der Waals surface area (Å²) in [5.74, 6) is -7.54. The molecule has 2 aromatic rings. The molecule has 1 saturated heterocycles. The van der Waals surface area contributed by atoms with E-state index < -0.39 is 68.1 Å². The van der Waals surface area contributed by atoms with Crippen LogP contribution in [0.2, 0.25) is 5.02 Å². The van der Waals surface area contributed by atoms with E-state index >= 15 is 0 Å². The first-order valence-electron chi connectivity index (χ1n) is 12.3. The van der Waals surface area contributed by atoms with Gasteiger partial charge in [-0.15, -0.1) is 0 Å². The molecule has 212 valence electrons. The quantitative estimate of drug-likeness (QED) is 0.329. The third-order valence-electron chi connectivity index (χ3n) is 7.71. The molecule has 13 heteroatoms. The first-order valence-corrected chi connectivity index (χ1v) is 14.2. The number of anilines is 1. The number of sulfone groups is 1. The minimum atomic E-state index is -4.20. The SMILES string of the molecule is CC[C@@]1(C[C@@H]2CCC(C)C2S(=O)(=O)c2cc(C(=O)Nc3cc(F)c(F)c(F)c3)ccc2Cl)OC(=O)[C@@H](O)[C@@H]1O. The third kappa shape index (κ3) is 5.27. The number of carbonyl (C=O) groups excluding carboxylic acids is 2. The smallest absolute Gasteiger partial charge is 0.338 e. The number of hydrogen-bond donors (Lipinski definition) is 3. The first kappa shape index (κ1) is 29.3. The van der Waals surface area contributed by atoms with Crippen molar-refractivity contribution in [3.05, 3.63) is 58.4 Å². The van der Waals surface area contributed by atoms with Crippen molar-refractivity contribution in [2.75, 3.05) is 5.32 Å². The van der Waals surface area contributed by atoms with Gasteiger partial charge >= 0.3 is 5.97 Å². The summed E-state index contributed by atoms with van der Waals surface area (Å²) in [6.45, 7) is 3.41. The molecular weight excluding hydrogens is 563 g/mol. The summed E-state index contributed by atoms with van der Waals surface area (Å²) >= 11 is 6.27. The Kier molecular flexibility index (Phi) is 8.06. The highest BCUT2D eigenvalue weighted by Crippen LogP contribution is 2.47. The molecule has 2 unspecified atom stereocenters. The van der Waals surface area contributed by atoms with Gasteiger partial charge in [0.2, 0.25) is 0 Å². The van der Waals surface area contributed by atoms with E-state index in [1.807, 2.05) is 0 Å². The van der Waals surface area contributed by atoms with Crippen LogP contribution in [0.5, 0.6) is 0 Å². The zero-order valence-electron chi connectivity index (χ0n) is 21.0. The Bertz CT molecular complexity index is 1400. The number of nitrogens with one attached hydrogen (secondary N) is 1. The highest BCUT2D eigenvalue weighted by atomic mass is 35.5. The maximum atomic E-state index is 13.9. The van der Waals surface area contributed by atoms with Gasteiger partial charge in [0.05, 0.1) is 15.2 Å². The van der Waals surface area contributed by atoms with Crippen molar-refractivity contribution in [2.45, 2.75) is 67.5 Å². The normalized spacial score (nSPS) is 28.9. The predicted octanol–water partition coefficient (Wildman–Crippen LogP) is 4.02. The molecule has 2 fully saturated rings. The van der Waals surface area contributed by atoms with Gasteiger partial charge in [-0.2, -0.15) is 0 Å². The lowest BCUT2D eigenvalue weighted by atomic mass is 9.82. The van der Waals surface area contributed by atoms with Crippen LogP contribution in [0.15, 0.2) is 35.2 Å². The molecule has 6 atom stereocenters. The van der Waals surface area contributed by atoms with Crippen LogP contribution in [0.3, 0.4) is 0 Å².